The van der Waals surface area contributed by atoms with Crippen molar-refractivity contribution in [3.8, 4) is 0 Å². The van der Waals surface area contributed by atoms with Crippen LogP contribution >= 0.6 is 0 Å². The van der Waals surface area contributed by atoms with E-state index >= 15 is 0 Å². The van der Waals surface area contributed by atoms with Crippen molar-refractivity contribution in [1.82, 2.24) is 19.6 Å². The number of rotatable bonds is 3. The Morgan fingerprint density at radius 3 is 2.67 bits per heavy atom. The van der Waals surface area contributed by atoms with Crippen molar-refractivity contribution in [2.45, 2.75) is 40.0 Å². The third-order valence-electron chi connectivity index (χ3n) is 2.97. The summed E-state index contributed by atoms with van der Waals surface area (Å²) in [7, 11) is 0. The standard InChI is InChI=1S/C13H21N5/c1-9-5-11-16-17-12(18(11)8-15-9)10(7-14)6-13(2,3)4/h5,8,10H,6-7,14H2,1-4H3. The van der Waals surface area contributed by atoms with Gasteiger partial charge in [0.05, 0.1) is 0 Å². The number of fused-ring (bicyclic) bond motifs is 1. The molecule has 5 nitrogen and oxygen atoms in total. The van der Waals surface area contributed by atoms with Gasteiger partial charge in [-0.1, -0.05) is 20.8 Å². The number of hydrogen-bond donors (Lipinski definition) is 1. The zero-order valence-corrected chi connectivity index (χ0v) is 11.5. The Kier molecular flexibility index (Phi) is 3.34. The van der Waals surface area contributed by atoms with Crippen LogP contribution in [0, 0.1) is 12.3 Å². The van der Waals surface area contributed by atoms with E-state index in [1.54, 1.807) is 6.33 Å². The van der Waals surface area contributed by atoms with Crippen LogP contribution in [-0.2, 0) is 0 Å². The lowest BCUT2D eigenvalue weighted by molar-refractivity contribution is 0.335. The van der Waals surface area contributed by atoms with Gasteiger partial charge in [0.25, 0.3) is 0 Å². The van der Waals surface area contributed by atoms with Gasteiger partial charge >= 0.3 is 0 Å². The zero-order chi connectivity index (χ0) is 13.3. The molecule has 0 aliphatic carbocycles. The molecule has 0 radical (unpaired) electrons. The van der Waals surface area contributed by atoms with Crippen LogP contribution in [0.15, 0.2) is 12.4 Å². The van der Waals surface area contributed by atoms with E-state index in [4.69, 9.17) is 5.73 Å². The maximum Gasteiger partial charge on any atom is 0.163 e. The first-order valence-electron chi connectivity index (χ1n) is 6.28. The lowest BCUT2D eigenvalue weighted by Gasteiger charge is -2.23. The van der Waals surface area contributed by atoms with Crippen LogP contribution in [-0.4, -0.2) is 26.1 Å². The van der Waals surface area contributed by atoms with Gasteiger partial charge in [0.2, 0.25) is 0 Å². The van der Waals surface area contributed by atoms with Gasteiger partial charge in [0, 0.05) is 24.2 Å². The molecule has 2 rings (SSSR count). The molecule has 1 atom stereocenters. The van der Waals surface area contributed by atoms with Crippen LogP contribution < -0.4 is 5.73 Å². The summed E-state index contributed by atoms with van der Waals surface area (Å²) in [5.74, 6) is 1.12. The van der Waals surface area contributed by atoms with E-state index < -0.39 is 0 Å². The lowest BCUT2D eigenvalue weighted by atomic mass is 9.84. The summed E-state index contributed by atoms with van der Waals surface area (Å²) in [5, 5.41) is 8.48. The van der Waals surface area contributed by atoms with E-state index in [0.29, 0.717) is 6.54 Å². The van der Waals surface area contributed by atoms with Gasteiger partial charge in [0.15, 0.2) is 5.65 Å². The Bertz CT molecular complexity index is 538. The highest BCUT2D eigenvalue weighted by molar-refractivity contribution is 5.38. The summed E-state index contributed by atoms with van der Waals surface area (Å²) in [6.07, 6.45) is 2.77. The Hall–Kier alpha value is -1.49. The number of nitrogens with zero attached hydrogens (tertiary/aromatic N) is 4. The molecule has 0 saturated heterocycles. The fourth-order valence-electron chi connectivity index (χ4n) is 2.20. The minimum absolute atomic E-state index is 0.213. The molecular weight excluding hydrogens is 226 g/mol. The van der Waals surface area contributed by atoms with Crippen molar-refractivity contribution < 1.29 is 0 Å². The summed E-state index contributed by atoms with van der Waals surface area (Å²) >= 11 is 0. The summed E-state index contributed by atoms with van der Waals surface area (Å²) in [4.78, 5) is 4.30. The molecule has 0 spiro atoms. The van der Waals surface area contributed by atoms with Gasteiger partial charge in [-0.25, -0.2) is 4.98 Å². The first-order chi connectivity index (χ1) is 8.40. The number of nitrogens with two attached hydrogens (primary N) is 1. The van der Waals surface area contributed by atoms with Crippen LogP contribution in [0.2, 0.25) is 0 Å². The molecule has 0 amide bonds. The maximum atomic E-state index is 5.89. The fourth-order valence-corrected chi connectivity index (χ4v) is 2.20. The van der Waals surface area contributed by atoms with Gasteiger partial charge in [0.1, 0.15) is 12.2 Å². The summed E-state index contributed by atoms with van der Waals surface area (Å²) < 4.78 is 1.94. The quantitative estimate of drug-likeness (QED) is 0.899. The zero-order valence-electron chi connectivity index (χ0n) is 11.5. The molecule has 18 heavy (non-hydrogen) atoms. The number of aromatic nitrogens is 4. The highest BCUT2D eigenvalue weighted by atomic mass is 15.3. The highest BCUT2D eigenvalue weighted by Crippen LogP contribution is 2.29. The van der Waals surface area contributed by atoms with Gasteiger partial charge in [-0.2, -0.15) is 0 Å². The molecule has 2 aromatic heterocycles. The van der Waals surface area contributed by atoms with Crippen molar-refractivity contribution >= 4 is 5.65 Å². The molecule has 0 aliphatic heterocycles. The molecule has 1 unspecified atom stereocenters. The average molecular weight is 247 g/mol. The maximum absolute atomic E-state index is 5.89. The Balaban J connectivity index is 2.40. The van der Waals surface area contributed by atoms with E-state index in [1.165, 1.54) is 0 Å². The first kappa shape index (κ1) is 13.0. The third-order valence-corrected chi connectivity index (χ3v) is 2.97. The number of hydrogen-bond acceptors (Lipinski definition) is 4. The lowest BCUT2D eigenvalue weighted by Crippen LogP contribution is -2.21. The normalized spacial score (nSPS) is 14.1. The van der Waals surface area contributed by atoms with Crippen molar-refractivity contribution in [2.24, 2.45) is 11.1 Å². The van der Waals surface area contributed by atoms with E-state index in [0.717, 1.165) is 23.6 Å². The molecule has 0 aliphatic rings. The van der Waals surface area contributed by atoms with Crippen LogP contribution in [0.1, 0.15) is 44.6 Å². The van der Waals surface area contributed by atoms with Crippen LogP contribution in [0.3, 0.4) is 0 Å². The third kappa shape index (κ3) is 2.67. The second-order valence-corrected chi connectivity index (χ2v) is 6.01. The topological polar surface area (TPSA) is 69.1 Å². The van der Waals surface area contributed by atoms with E-state index in [2.05, 4.69) is 36.0 Å². The number of aryl methyl sites for hydroxylation is 1. The smallest absolute Gasteiger partial charge is 0.163 e. The highest BCUT2D eigenvalue weighted by Gasteiger charge is 2.23. The molecule has 2 aromatic rings. The molecule has 0 aromatic carbocycles. The minimum atomic E-state index is 0.213. The van der Waals surface area contributed by atoms with Gasteiger partial charge in [-0.3, -0.25) is 4.40 Å². The average Bonchev–Trinajstić information content (AvgIpc) is 2.67. The van der Waals surface area contributed by atoms with Crippen molar-refractivity contribution in [3.63, 3.8) is 0 Å². The summed E-state index contributed by atoms with van der Waals surface area (Å²) in [5.41, 5.74) is 7.89. The molecule has 0 saturated carbocycles. The van der Waals surface area contributed by atoms with Gasteiger partial charge < -0.3 is 5.73 Å². The Morgan fingerprint density at radius 1 is 1.33 bits per heavy atom. The fraction of sp³-hybridized carbons (Fsp3) is 0.615. The second kappa shape index (κ2) is 4.65. The van der Waals surface area contributed by atoms with Crippen molar-refractivity contribution in [1.29, 1.82) is 0 Å². The van der Waals surface area contributed by atoms with Gasteiger partial charge in [-0.15, -0.1) is 10.2 Å². The Morgan fingerprint density at radius 2 is 2.06 bits per heavy atom. The summed E-state index contributed by atoms with van der Waals surface area (Å²) in [6, 6.07) is 1.93. The predicted octanol–water partition coefficient (Wildman–Crippen LogP) is 1.91. The Labute approximate surface area is 107 Å². The van der Waals surface area contributed by atoms with E-state index in [1.807, 2.05) is 17.4 Å². The van der Waals surface area contributed by atoms with Crippen LogP contribution in [0.5, 0.6) is 0 Å². The van der Waals surface area contributed by atoms with E-state index in [9.17, 15) is 0 Å². The minimum Gasteiger partial charge on any atom is -0.330 e. The van der Waals surface area contributed by atoms with Gasteiger partial charge in [-0.05, 0) is 18.8 Å². The van der Waals surface area contributed by atoms with Crippen molar-refractivity contribution in [3.05, 3.63) is 23.9 Å². The first-order valence-corrected chi connectivity index (χ1v) is 6.28. The molecule has 98 valence electrons. The van der Waals surface area contributed by atoms with E-state index in [-0.39, 0.29) is 11.3 Å². The molecule has 5 heteroatoms. The monoisotopic (exact) mass is 247 g/mol. The molecule has 2 N–H and O–H groups in total. The molecule has 2 heterocycles. The molecule has 0 bridgehead atoms. The molecule has 0 fully saturated rings. The van der Waals surface area contributed by atoms with Crippen LogP contribution in [0.4, 0.5) is 0 Å². The predicted molar refractivity (Wildman–Crippen MR) is 71.4 cm³/mol. The largest absolute Gasteiger partial charge is 0.330 e. The SMILES string of the molecule is Cc1cc2nnc(C(CN)CC(C)(C)C)n2cn1. The summed E-state index contributed by atoms with van der Waals surface area (Å²) in [6.45, 7) is 9.15. The van der Waals surface area contributed by atoms with Crippen molar-refractivity contribution in [2.75, 3.05) is 6.54 Å². The molecular formula is C13H21N5. The van der Waals surface area contributed by atoms with Crippen LogP contribution in [0.25, 0.3) is 5.65 Å². The second-order valence-electron chi connectivity index (χ2n) is 6.01.